The molecule has 1 aliphatic heterocycles. The minimum absolute atomic E-state index is 0.0402. The Morgan fingerprint density at radius 2 is 1.80 bits per heavy atom. The molecule has 2 aromatic rings. The number of ketones is 1. The van der Waals surface area contributed by atoms with Gasteiger partial charge in [-0.1, -0.05) is 6.07 Å². The number of hydrogen-bond donors (Lipinski definition) is 0. The van der Waals surface area contributed by atoms with Crippen LogP contribution in [0.3, 0.4) is 0 Å². The highest BCUT2D eigenvalue weighted by Gasteiger charge is 2.28. The summed E-state index contributed by atoms with van der Waals surface area (Å²) in [5.41, 5.74) is 0.538. The average Bonchev–Trinajstić information content (AvgIpc) is 2.42. The molecule has 0 aromatic heterocycles. The maximum atomic E-state index is 13.2. The molecular weight excluding hydrogens is 269 g/mol. The first-order chi connectivity index (χ1) is 9.54. The third-order valence-corrected chi connectivity index (χ3v) is 3.20. The van der Waals surface area contributed by atoms with Crippen LogP contribution in [0, 0.1) is 17.5 Å². The van der Waals surface area contributed by atoms with E-state index in [-0.39, 0.29) is 23.5 Å². The van der Waals surface area contributed by atoms with E-state index in [4.69, 9.17) is 4.74 Å². The van der Waals surface area contributed by atoms with Gasteiger partial charge in [0.15, 0.2) is 17.4 Å². The monoisotopic (exact) mass is 278 g/mol. The first-order valence-corrected chi connectivity index (χ1v) is 5.99. The van der Waals surface area contributed by atoms with Crippen LogP contribution in [0.5, 0.6) is 5.75 Å². The Morgan fingerprint density at radius 1 is 1.00 bits per heavy atom. The zero-order valence-corrected chi connectivity index (χ0v) is 10.2. The van der Waals surface area contributed by atoms with Gasteiger partial charge in [0.1, 0.15) is 17.7 Å². The fraction of sp³-hybridized carbons (Fsp3) is 0.133. The highest BCUT2D eigenvalue weighted by molar-refractivity contribution is 6.00. The van der Waals surface area contributed by atoms with E-state index in [0.29, 0.717) is 5.56 Å². The largest absolute Gasteiger partial charge is 0.484 e. The number of carbonyl (C=O) groups excluding carboxylic acids is 1. The lowest BCUT2D eigenvalue weighted by Gasteiger charge is -2.25. The summed E-state index contributed by atoms with van der Waals surface area (Å²) in [6, 6.07) is 7.00. The Bertz CT molecular complexity index is 698. The summed E-state index contributed by atoms with van der Waals surface area (Å²) < 4.78 is 44.8. The standard InChI is InChI=1S/C15H9F3O2/c16-9-2-4-14-10(6-9)13(19)7-15(20-14)8-1-3-11(17)12(18)5-8/h1-6,15H,7H2. The zero-order valence-electron chi connectivity index (χ0n) is 10.2. The van der Waals surface area contributed by atoms with E-state index in [1.165, 1.54) is 18.2 Å². The van der Waals surface area contributed by atoms with Crippen LogP contribution in [0.4, 0.5) is 13.2 Å². The number of Topliss-reactive ketones (excluding diaryl/α,β-unsaturated/α-hetero) is 1. The Kier molecular flexibility index (Phi) is 2.97. The summed E-state index contributed by atoms with van der Waals surface area (Å²) in [6.45, 7) is 0. The van der Waals surface area contributed by atoms with Crippen molar-refractivity contribution in [3.05, 3.63) is 65.0 Å². The van der Waals surface area contributed by atoms with Crippen molar-refractivity contribution >= 4 is 5.78 Å². The second-order valence-corrected chi connectivity index (χ2v) is 4.55. The van der Waals surface area contributed by atoms with Gasteiger partial charge in [-0.05, 0) is 35.9 Å². The lowest BCUT2D eigenvalue weighted by atomic mass is 9.96. The molecule has 0 amide bonds. The maximum absolute atomic E-state index is 13.2. The van der Waals surface area contributed by atoms with E-state index in [9.17, 15) is 18.0 Å². The minimum atomic E-state index is -0.997. The van der Waals surface area contributed by atoms with Gasteiger partial charge >= 0.3 is 0 Å². The van der Waals surface area contributed by atoms with Crippen LogP contribution in [0.25, 0.3) is 0 Å². The topological polar surface area (TPSA) is 26.3 Å². The molecular formula is C15H9F3O2. The third kappa shape index (κ3) is 2.15. The van der Waals surface area contributed by atoms with Gasteiger partial charge in [-0.25, -0.2) is 13.2 Å². The van der Waals surface area contributed by atoms with Crippen molar-refractivity contribution in [1.82, 2.24) is 0 Å². The van der Waals surface area contributed by atoms with Crippen LogP contribution in [-0.4, -0.2) is 5.78 Å². The van der Waals surface area contributed by atoms with Crippen molar-refractivity contribution in [1.29, 1.82) is 0 Å². The highest BCUT2D eigenvalue weighted by atomic mass is 19.2. The number of benzene rings is 2. The van der Waals surface area contributed by atoms with Crippen molar-refractivity contribution < 1.29 is 22.7 Å². The molecule has 0 spiro atoms. The number of rotatable bonds is 1. The summed E-state index contributed by atoms with van der Waals surface area (Å²) in [7, 11) is 0. The SMILES string of the molecule is O=C1CC(c2ccc(F)c(F)c2)Oc2ccc(F)cc21. The maximum Gasteiger partial charge on any atom is 0.170 e. The van der Waals surface area contributed by atoms with E-state index >= 15 is 0 Å². The normalized spacial score (nSPS) is 17.6. The quantitative estimate of drug-likeness (QED) is 0.793. The second-order valence-electron chi connectivity index (χ2n) is 4.55. The summed E-state index contributed by atoms with van der Waals surface area (Å²) in [6.07, 6.45) is -0.739. The molecule has 1 heterocycles. The van der Waals surface area contributed by atoms with Crippen LogP contribution < -0.4 is 4.74 Å². The first-order valence-electron chi connectivity index (χ1n) is 5.99. The molecule has 102 valence electrons. The van der Waals surface area contributed by atoms with Crippen LogP contribution in [0.2, 0.25) is 0 Å². The summed E-state index contributed by atoms with van der Waals surface area (Å²) in [5, 5.41) is 0. The van der Waals surface area contributed by atoms with Gasteiger partial charge in [-0.2, -0.15) is 0 Å². The van der Waals surface area contributed by atoms with Gasteiger partial charge < -0.3 is 4.74 Å². The van der Waals surface area contributed by atoms with Gasteiger partial charge in [0.25, 0.3) is 0 Å². The highest BCUT2D eigenvalue weighted by Crippen LogP contribution is 2.35. The molecule has 0 saturated heterocycles. The van der Waals surface area contributed by atoms with E-state index in [1.54, 1.807) is 0 Å². The molecule has 0 radical (unpaired) electrons. The number of halogens is 3. The van der Waals surface area contributed by atoms with Crippen molar-refractivity contribution in [2.75, 3.05) is 0 Å². The van der Waals surface area contributed by atoms with Crippen molar-refractivity contribution in [2.24, 2.45) is 0 Å². The number of fused-ring (bicyclic) bond motifs is 1. The molecule has 1 atom stereocenters. The van der Waals surface area contributed by atoms with Crippen LogP contribution in [0.1, 0.15) is 28.4 Å². The first kappa shape index (κ1) is 12.7. The third-order valence-electron chi connectivity index (χ3n) is 3.20. The lowest BCUT2D eigenvalue weighted by molar-refractivity contribution is 0.0848. The van der Waals surface area contributed by atoms with Crippen molar-refractivity contribution in [3.8, 4) is 5.75 Å². The average molecular weight is 278 g/mol. The molecule has 0 bridgehead atoms. The van der Waals surface area contributed by atoms with E-state index in [1.807, 2.05) is 0 Å². The minimum Gasteiger partial charge on any atom is -0.484 e. The molecule has 2 aromatic carbocycles. The Labute approximate surface area is 112 Å². The van der Waals surface area contributed by atoms with Gasteiger partial charge in [0.2, 0.25) is 0 Å². The summed E-state index contributed by atoms with van der Waals surface area (Å²) in [4.78, 5) is 12.0. The Hall–Kier alpha value is -2.30. The Balaban J connectivity index is 1.97. The van der Waals surface area contributed by atoms with Crippen molar-refractivity contribution in [3.63, 3.8) is 0 Å². The smallest absolute Gasteiger partial charge is 0.170 e. The van der Waals surface area contributed by atoms with E-state index < -0.39 is 23.6 Å². The molecule has 1 aliphatic rings. The fourth-order valence-corrected chi connectivity index (χ4v) is 2.19. The lowest BCUT2D eigenvalue weighted by Crippen LogP contribution is -2.20. The fourth-order valence-electron chi connectivity index (χ4n) is 2.19. The molecule has 20 heavy (non-hydrogen) atoms. The van der Waals surface area contributed by atoms with E-state index in [0.717, 1.165) is 18.2 Å². The number of ether oxygens (including phenoxy) is 1. The van der Waals surface area contributed by atoms with Gasteiger partial charge in [0, 0.05) is 0 Å². The molecule has 0 fully saturated rings. The molecule has 0 aliphatic carbocycles. The number of carbonyl (C=O) groups is 1. The zero-order chi connectivity index (χ0) is 14.3. The number of hydrogen-bond acceptors (Lipinski definition) is 2. The van der Waals surface area contributed by atoms with Crippen LogP contribution >= 0.6 is 0 Å². The molecule has 5 heteroatoms. The second kappa shape index (κ2) is 4.67. The van der Waals surface area contributed by atoms with E-state index in [2.05, 4.69) is 0 Å². The van der Waals surface area contributed by atoms with Gasteiger partial charge in [-0.3, -0.25) is 4.79 Å². The van der Waals surface area contributed by atoms with Crippen LogP contribution in [-0.2, 0) is 0 Å². The molecule has 0 N–H and O–H groups in total. The van der Waals surface area contributed by atoms with Gasteiger partial charge in [0.05, 0.1) is 12.0 Å². The molecule has 2 nitrogen and oxygen atoms in total. The van der Waals surface area contributed by atoms with Crippen LogP contribution in [0.15, 0.2) is 36.4 Å². The summed E-state index contributed by atoms with van der Waals surface area (Å²) in [5.74, 6) is -2.52. The molecule has 1 unspecified atom stereocenters. The van der Waals surface area contributed by atoms with Crippen molar-refractivity contribution in [2.45, 2.75) is 12.5 Å². The predicted octanol–water partition coefficient (Wildman–Crippen LogP) is 3.81. The predicted molar refractivity (Wildman–Crippen MR) is 65.1 cm³/mol. The summed E-state index contributed by atoms with van der Waals surface area (Å²) >= 11 is 0. The van der Waals surface area contributed by atoms with Gasteiger partial charge in [-0.15, -0.1) is 0 Å². The molecule has 3 rings (SSSR count). The Morgan fingerprint density at radius 3 is 2.55 bits per heavy atom. The molecule has 0 saturated carbocycles.